The first-order valence-electron chi connectivity index (χ1n) is 6.04. The predicted octanol–water partition coefficient (Wildman–Crippen LogP) is 0.220. The first kappa shape index (κ1) is 12.5. The number of carbonyl (C=O) groups excluding carboxylic acids is 2. The molecule has 7 nitrogen and oxygen atoms in total. The Morgan fingerprint density at radius 2 is 2.22 bits per heavy atom. The molecule has 0 aromatic carbocycles. The molecule has 0 bridgehead atoms. The predicted molar refractivity (Wildman–Crippen MR) is 61.6 cm³/mol. The lowest BCUT2D eigenvalue weighted by Crippen LogP contribution is -2.40. The van der Waals surface area contributed by atoms with E-state index in [1.54, 1.807) is 11.8 Å². The lowest BCUT2D eigenvalue weighted by atomic mass is 9.97. The number of hydrogen-bond acceptors (Lipinski definition) is 5. The SMILES string of the molecule is CCOC(=O)C1CCN(C(=O)c2cn[nH]n2)CC1. The van der Waals surface area contributed by atoms with Gasteiger partial charge in [0.05, 0.1) is 18.7 Å². The molecule has 0 spiro atoms. The molecule has 1 amide bonds. The average molecular weight is 252 g/mol. The topological polar surface area (TPSA) is 88.2 Å². The Labute approximate surface area is 104 Å². The van der Waals surface area contributed by atoms with Crippen LogP contribution in [0.2, 0.25) is 0 Å². The van der Waals surface area contributed by atoms with Crippen molar-refractivity contribution in [2.75, 3.05) is 19.7 Å². The fourth-order valence-electron chi connectivity index (χ4n) is 2.05. The Hall–Kier alpha value is -1.92. The van der Waals surface area contributed by atoms with Crippen molar-refractivity contribution in [1.29, 1.82) is 0 Å². The Balaban J connectivity index is 1.87. The number of piperidine rings is 1. The summed E-state index contributed by atoms with van der Waals surface area (Å²) in [5.74, 6) is -0.400. The van der Waals surface area contributed by atoms with Crippen molar-refractivity contribution < 1.29 is 14.3 Å². The van der Waals surface area contributed by atoms with Gasteiger partial charge in [-0.15, -0.1) is 0 Å². The fourth-order valence-corrected chi connectivity index (χ4v) is 2.05. The van der Waals surface area contributed by atoms with Crippen LogP contribution in [0.3, 0.4) is 0 Å². The molecular weight excluding hydrogens is 236 g/mol. The molecule has 98 valence electrons. The number of carbonyl (C=O) groups is 2. The molecule has 18 heavy (non-hydrogen) atoms. The second-order valence-electron chi connectivity index (χ2n) is 4.17. The number of nitrogens with zero attached hydrogens (tertiary/aromatic N) is 3. The number of nitrogens with one attached hydrogen (secondary N) is 1. The van der Waals surface area contributed by atoms with Crippen LogP contribution in [-0.2, 0) is 9.53 Å². The van der Waals surface area contributed by atoms with Gasteiger partial charge in [-0.3, -0.25) is 9.59 Å². The van der Waals surface area contributed by atoms with E-state index in [1.807, 2.05) is 0 Å². The quantitative estimate of drug-likeness (QED) is 0.777. The van der Waals surface area contributed by atoms with Crippen LogP contribution in [0.5, 0.6) is 0 Å². The first-order valence-corrected chi connectivity index (χ1v) is 6.04. The largest absolute Gasteiger partial charge is 0.466 e. The molecule has 1 aliphatic heterocycles. The molecule has 2 heterocycles. The first-order chi connectivity index (χ1) is 8.72. The van der Waals surface area contributed by atoms with Crippen LogP contribution >= 0.6 is 0 Å². The molecule has 1 aliphatic rings. The van der Waals surface area contributed by atoms with Gasteiger partial charge >= 0.3 is 5.97 Å². The zero-order chi connectivity index (χ0) is 13.0. The molecule has 1 fully saturated rings. The normalized spacial score (nSPS) is 16.6. The molecule has 0 radical (unpaired) electrons. The van der Waals surface area contributed by atoms with Crippen LogP contribution in [0.4, 0.5) is 0 Å². The minimum atomic E-state index is -0.161. The van der Waals surface area contributed by atoms with Gasteiger partial charge in [-0.1, -0.05) is 0 Å². The number of aromatic nitrogens is 3. The summed E-state index contributed by atoms with van der Waals surface area (Å²) in [5.41, 5.74) is 0.310. The second-order valence-corrected chi connectivity index (χ2v) is 4.17. The van der Waals surface area contributed by atoms with Crippen molar-refractivity contribution in [3.8, 4) is 0 Å². The van der Waals surface area contributed by atoms with Gasteiger partial charge in [-0.05, 0) is 19.8 Å². The zero-order valence-electron chi connectivity index (χ0n) is 10.3. The van der Waals surface area contributed by atoms with Gasteiger partial charge in [0.2, 0.25) is 0 Å². The minimum absolute atomic E-state index is 0.0914. The Bertz CT molecular complexity index is 410. The maximum Gasteiger partial charge on any atom is 0.309 e. The van der Waals surface area contributed by atoms with Gasteiger partial charge < -0.3 is 9.64 Å². The lowest BCUT2D eigenvalue weighted by Gasteiger charge is -2.30. The zero-order valence-corrected chi connectivity index (χ0v) is 10.3. The van der Waals surface area contributed by atoms with Crippen molar-refractivity contribution in [3.05, 3.63) is 11.9 Å². The van der Waals surface area contributed by atoms with Crippen LogP contribution in [0.25, 0.3) is 0 Å². The van der Waals surface area contributed by atoms with E-state index >= 15 is 0 Å². The Morgan fingerprint density at radius 3 is 2.78 bits per heavy atom. The summed E-state index contributed by atoms with van der Waals surface area (Å²) in [4.78, 5) is 25.2. The van der Waals surface area contributed by atoms with E-state index in [0.717, 1.165) is 0 Å². The standard InChI is InChI=1S/C11H16N4O3/c1-2-18-11(17)8-3-5-15(6-4-8)10(16)9-7-12-14-13-9/h7-8H,2-6H2,1H3,(H,12,13,14). The molecule has 1 aromatic rings. The number of aromatic amines is 1. The molecule has 1 saturated heterocycles. The summed E-state index contributed by atoms with van der Waals surface area (Å²) in [7, 11) is 0. The molecule has 0 atom stereocenters. The molecule has 2 rings (SSSR count). The molecule has 7 heteroatoms. The number of likely N-dealkylation sites (tertiary alicyclic amines) is 1. The van der Waals surface area contributed by atoms with E-state index in [4.69, 9.17) is 4.74 Å². The molecule has 0 saturated carbocycles. The van der Waals surface area contributed by atoms with E-state index in [9.17, 15) is 9.59 Å². The number of rotatable bonds is 3. The van der Waals surface area contributed by atoms with Crippen molar-refractivity contribution in [1.82, 2.24) is 20.3 Å². The van der Waals surface area contributed by atoms with E-state index in [1.165, 1.54) is 6.20 Å². The highest BCUT2D eigenvalue weighted by Crippen LogP contribution is 2.19. The Kier molecular flexibility index (Phi) is 3.91. The van der Waals surface area contributed by atoms with Gasteiger partial charge in [0.25, 0.3) is 5.91 Å². The number of H-pyrrole nitrogens is 1. The maximum atomic E-state index is 12.0. The summed E-state index contributed by atoms with van der Waals surface area (Å²) in [5, 5.41) is 9.78. The minimum Gasteiger partial charge on any atom is -0.466 e. The molecule has 1 aromatic heterocycles. The summed E-state index contributed by atoms with van der Waals surface area (Å²) >= 11 is 0. The van der Waals surface area contributed by atoms with E-state index in [2.05, 4.69) is 15.4 Å². The highest BCUT2D eigenvalue weighted by Gasteiger charge is 2.29. The highest BCUT2D eigenvalue weighted by molar-refractivity contribution is 5.92. The van der Waals surface area contributed by atoms with Gasteiger partial charge in [0.15, 0.2) is 5.69 Å². The van der Waals surface area contributed by atoms with Crippen molar-refractivity contribution >= 4 is 11.9 Å². The lowest BCUT2D eigenvalue weighted by molar-refractivity contribution is -0.149. The van der Waals surface area contributed by atoms with Crippen LogP contribution in [-0.4, -0.2) is 51.9 Å². The average Bonchev–Trinajstić information content (AvgIpc) is 2.92. The number of amides is 1. The van der Waals surface area contributed by atoms with Crippen molar-refractivity contribution in [2.24, 2.45) is 5.92 Å². The molecular formula is C11H16N4O3. The smallest absolute Gasteiger partial charge is 0.309 e. The third-order valence-electron chi connectivity index (χ3n) is 3.04. The summed E-state index contributed by atoms with van der Waals surface area (Å²) in [6, 6.07) is 0. The van der Waals surface area contributed by atoms with Gasteiger partial charge in [0.1, 0.15) is 0 Å². The maximum absolute atomic E-state index is 12.0. The van der Waals surface area contributed by atoms with E-state index in [-0.39, 0.29) is 17.8 Å². The highest BCUT2D eigenvalue weighted by atomic mass is 16.5. The van der Waals surface area contributed by atoms with E-state index < -0.39 is 0 Å². The van der Waals surface area contributed by atoms with Crippen LogP contribution in [0.1, 0.15) is 30.3 Å². The number of ether oxygens (including phenoxy) is 1. The van der Waals surface area contributed by atoms with Crippen molar-refractivity contribution in [3.63, 3.8) is 0 Å². The number of esters is 1. The monoisotopic (exact) mass is 252 g/mol. The van der Waals surface area contributed by atoms with Crippen LogP contribution < -0.4 is 0 Å². The molecule has 1 N–H and O–H groups in total. The second kappa shape index (κ2) is 5.61. The number of hydrogen-bond donors (Lipinski definition) is 1. The van der Waals surface area contributed by atoms with Gasteiger partial charge in [-0.25, -0.2) is 0 Å². The van der Waals surface area contributed by atoms with E-state index in [0.29, 0.717) is 38.2 Å². The summed E-state index contributed by atoms with van der Waals surface area (Å²) in [6.45, 7) is 3.29. The van der Waals surface area contributed by atoms with Gasteiger partial charge in [0, 0.05) is 13.1 Å². The third-order valence-corrected chi connectivity index (χ3v) is 3.04. The molecule has 0 aliphatic carbocycles. The van der Waals surface area contributed by atoms with Crippen LogP contribution in [0, 0.1) is 5.92 Å². The Morgan fingerprint density at radius 1 is 1.50 bits per heavy atom. The van der Waals surface area contributed by atoms with Crippen molar-refractivity contribution in [2.45, 2.75) is 19.8 Å². The van der Waals surface area contributed by atoms with Gasteiger partial charge in [-0.2, -0.15) is 15.4 Å². The third kappa shape index (κ3) is 2.66. The summed E-state index contributed by atoms with van der Waals surface area (Å²) < 4.78 is 4.98. The van der Waals surface area contributed by atoms with Crippen LogP contribution in [0.15, 0.2) is 6.20 Å². The fraction of sp³-hybridized carbons (Fsp3) is 0.636. The summed E-state index contributed by atoms with van der Waals surface area (Å²) in [6.07, 6.45) is 2.69. The molecule has 0 unspecified atom stereocenters.